The molecule has 1 saturated carbocycles. The van der Waals surface area contributed by atoms with Crippen molar-refractivity contribution in [3.63, 3.8) is 0 Å². The van der Waals surface area contributed by atoms with Crippen molar-refractivity contribution in [2.24, 2.45) is 23.7 Å². The molecule has 10 nitrogen and oxygen atoms in total. The van der Waals surface area contributed by atoms with Crippen LogP contribution in [0.25, 0.3) is 0 Å². The van der Waals surface area contributed by atoms with E-state index in [0.29, 0.717) is 21.7 Å². The first-order valence-corrected chi connectivity index (χ1v) is 18.9. The van der Waals surface area contributed by atoms with Gasteiger partial charge in [-0.1, -0.05) is 62.9 Å². The van der Waals surface area contributed by atoms with Crippen molar-refractivity contribution < 1.29 is 55.4 Å². The highest BCUT2D eigenvalue weighted by Gasteiger charge is 2.71. The summed E-state index contributed by atoms with van der Waals surface area (Å²) in [6, 6.07) is 15.3. The number of carbonyl (C=O) groups is 4. The molecule has 0 spiro atoms. The lowest BCUT2D eigenvalue weighted by Gasteiger charge is -2.50. The van der Waals surface area contributed by atoms with Crippen LogP contribution in [0, 0.1) is 23.7 Å². The normalized spacial score (nSPS) is 25.7. The number of benzene rings is 3. The molecular weight excluding hydrogens is 885 g/mol. The number of aromatic hydroxyl groups is 1. The number of hydrogen-bond donors (Lipinski definition) is 2. The number of rotatable bonds is 6. The van der Waals surface area contributed by atoms with E-state index in [1.165, 1.54) is 24.3 Å². The van der Waals surface area contributed by atoms with Gasteiger partial charge in [-0.25, -0.2) is 4.98 Å². The van der Waals surface area contributed by atoms with E-state index < -0.39 is 99.1 Å². The Morgan fingerprint density at radius 3 is 2.21 bits per heavy atom. The average Bonchev–Trinajstić information content (AvgIpc) is 3.53. The van der Waals surface area contributed by atoms with Crippen molar-refractivity contribution in [3.05, 3.63) is 122 Å². The number of aromatic nitrogens is 1. The number of carbonyl (C=O) groups excluding carboxylic acids is 4. The summed E-state index contributed by atoms with van der Waals surface area (Å²) in [6.45, 7) is 0. The Balaban J connectivity index is 1.33. The van der Waals surface area contributed by atoms with Gasteiger partial charge >= 0.3 is 12.5 Å². The molecule has 3 aromatic carbocycles. The van der Waals surface area contributed by atoms with Crippen LogP contribution in [0.2, 0.25) is 10.0 Å². The number of halogens is 9. The largest absolute Gasteiger partial charge is 0.573 e. The summed E-state index contributed by atoms with van der Waals surface area (Å²) in [6.07, 6.45) is -8.29. The highest BCUT2D eigenvalue weighted by molar-refractivity contribution is 9.10. The Morgan fingerprint density at radius 2 is 1.57 bits per heavy atom. The van der Waals surface area contributed by atoms with Crippen LogP contribution in [0.1, 0.15) is 35.4 Å². The van der Waals surface area contributed by atoms with Crippen molar-refractivity contribution in [1.29, 1.82) is 0 Å². The van der Waals surface area contributed by atoms with Crippen LogP contribution in [0.15, 0.2) is 95.1 Å². The third-order valence-electron chi connectivity index (χ3n) is 11.2. The van der Waals surface area contributed by atoms with Crippen molar-refractivity contribution in [2.45, 2.75) is 36.7 Å². The lowest BCUT2D eigenvalue weighted by atomic mass is 9.49. The molecule has 2 aliphatic carbocycles. The molecule has 2 aliphatic heterocycles. The molecule has 0 radical (unpaired) electrons. The maximum absolute atomic E-state index is 15.3. The lowest BCUT2D eigenvalue weighted by Crippen LogP contribution is -2.53. The molecule has 19 heteroatoms. The Hall–Kier alpha value is -5.13. The van der Waals surface area contributed by atoms with Crippen molar-refractivity contribution in [2.75, 3.05) is 10.3 Å². The van der Waals surface area contributed by atoms with E-state index in [1.54, 1.807) is 30.3 Å². The molecular formula is C39H25BrCl2F6N4O6. The second-order valence-corrected chi connectivity index (χ2v) is 15.9. The fourth-order valence-corrected chi connectivity index (χ4v) is 9.53. The van der Waals surface area contributed by atoms with Crippen molar-refractivity contribution in [3.8, 4) is 11.5 Å². The highest BCUT2D eigenvalue weighted by Crippen LogP contribution is 2.65. The molecule has 6 atom stereocenters. The molecule has 2 N–H and O–H groups in total. The predicted molar refractivity (Wildman–Crippen MR) is 198 cm³/mol. The first-order valence-electron chi connectivity index (χ1n) is 17.4. The smallest absolute Gasteiger partial charge is 0.508 e. The summed E-state index contributed by atoms with van der Waals surface area (Å²) in [7, 11) is 0. The Bertz CT molecular complexity index is 2430. The van der Waals surface area contributed by atoms with E-state index in [2.05, 4.69) is 31.1 Å². The fourth-order valence-electron chi connectivity index (χ4n) is 8.93. The van der Waals surface area contributed by atoms with E-state index in [0.717, 1.165) is 23.1 Å². The van der Waals surface area contributed by atoms with Crippen LogP contribution in [0.3, 0.4) is 0 Å². The topological polar surface area (TPSA) is 129 Å². The number of pyridine rings is 1. The number of anilines is 2. The van der Waals surface area contributed by atoms with Crippen molar-refractivity contribution >= 4 is 74.3 Å². The number of alkyl halides is 6. The summed E-state index contributed by atoms with van der Waals surface area (Å²) in [4.78, 5) is 63.3. The minimum Gasteiger partial charge on any atom is -0.508 e. The van der Waals surface area contributed by atoms with Gasteiger partial charge in [-0.15, -0.1) is 13.2 Å². The Morgan fingerprint density at radius 1 is 0.879 bits per heavy atom. The first-order chi connectivity index (χ1) is 27.3. The third-order valence-corrected chi connectivity index (χ3v) is 12.3. The highest BCUT2D eigenvalue weighted by atomic mass is 79.9. The number of fused-ring (bicyclic) bond motifs is 4. The minimum absolute atomic E-state index is 0.0549. The number of ether oxygens (including phenoxy) is 1. The number of nitrogens with zero attached hydrogens (tertiary/aromatic N) is 3. The van der Waals surface area contributed by atoms with E-state index >= 15 is 4.79 Å². The van der Waals surface area contributed by atoms with Crippen LogP contribution in [-0.2, 0) is 30.8 Å². The van der Waals surface area contributed by atoms with E-state index in [4.69, 9.17) is 23.2 Å². The summed E-state index contributed by atoms with van der Waals surface area (Å²) < 4.78 is 86.2. The number of nitrogens with one attached hydrogen (secondary N) is 1. The first kappa shape index (κ1) is 39.7. The zero-order valence-electron chi connectivity index (χ0n) is 29.1. The molecule has 3 fully saturated rings. The lowest BCUT2D eigenvalue weighted by molar-refractivity contribution is -0.274. The zero-order valence-corrected chi connectivity index (χ0v) is 32.2. The quantitative estimate of drug-likeness (QED) is 0.112. The average molecular weight is 910 g/mol. The van der Waals surface area contributed by atoms with Crippen LogP contribution in [0.4, 0.5) is 37.8 Å². The number of hydrazine groups is 1. The number of phenolic OH excluding ortho intramolecular Hbond substituents is 1. The van der Waals surface area contributed by atoms with E-state index in [-0.39, 0.29) is 40.3 Å². The van der Waals surface area contributed by atoms with Gasteiger partial charge in [-0.3, -0.25) is 29.5 Å². The summed E-state index contributed by atoms with van der Waals surface area (Å²) >= 11 is 15.8. The maximum atomic E-state index is 15.3. The standard InChI is InChI=1S/C39H25BrCl2F6N4O6/c40-19-3-7-21(8-4-19)51-33(54)24-11-10-23-25(30(24)35(51)56)15-27-34(55)52(50-32-28(42)13-18(16-49-32)38(43,44)45)36(57)37(27,17-1-5-20(41)6-2-17)31(23)26-14-22(9-12-29(26)53)58-39(46,47)48/h1-10,12-14,16,24-25,27,30-31,53H,11,15H2,(H,49,50)/t24-,25+,27-,30-,31+,37+/m0/s1. The third kappa shape index (κ3) is 6.38. The second-order valence-electron chi connectivity index (χ2n) is 14.2. The number of amides is 4. The molecule has 1 aromatic heterocycles. The molecule has 4 aliphatic rings. The van der Waals surface area contributed by atoms with Gasteiger partial charge in [0.2, 0.25) is 11.8 Å². The predicted octanol–water partition coefficient (Wildman–Crippen LogP) is 8.96. The van der Waals surface area contributed by atoms with E-state index in [1.807, 2.05) is 0 Å². The van der Waals surface area contributed by atoms with Gasteiger partial charge < -0.3 is 9.84 Å². The molecule has 300 valence electrons. The number of phenols is 1. The van der Waals surface area contributed by atoms with Gasteiger partial charge in [0.25, 0.3) is 11.8 Å². The monoisotopic (exact) mass is 908 g/mol. The summed E-state index contributed by atoms with van der Waals surface area (Å²) in [5.41, 5.74) is -0.501. The van der Waals surface area contributed by atoms with Gasteiger partial charge in [-0.2, -0.15) is 18.2 Å². The second kappa shape index (κ2) is 14.0. The molecule has 2 saturated heterocycles. The SMILES string of the molecule is O=C1[C@@H]2C[C@@H]3C(=CC[C@@H]4C(=O)N(c5ccc(Br)cc5)C(=O)[C@@H]43)[C@H](c3cc(OC(F)(F)F)ccc3O)[C@]2(c2ccc(Cl)cc2)C(=O)N1Nc1ncc(C(F)(F)F)cc1Cl. The maximum Gasteiger partial charge on any atom is 0.573 e. The molecule has 0 bridgehead atoms. The van der Waals surface area contributed by atoms with Crippen LogP contribution < -0.4 is 15.1 Å². The number of allylic oxidation sites excluding steroid dienone is 2. The zero-order chi connectivity index (χ0) is 41.6. The van der Waals surface area contributed by atoms with Crippen molar-refractivity contribution in [1.82, 2.24) is 9.99 Å². The molecule has 8 rings (SSSR count). The summed E-state index contributed by atoms with van der Waals surface area (Å²) in [5.74, 6) is -11.1. The van der Waals surface area contributed by atoms with Gasteiger partial charge in [0.05, 0.1) is 39.4 Å². The molecule has 4 aromatic rings. The van der Waals surface area contributed by atoms with Gasteiger partial charge in [-0.05, 0) is 85.0 Å². The van der Waals surface area contributed by atoms with Crippen LogP contribution in [0.5, 0.6) is 11.5 Å². The van der Waals surface area contributed by atoms with Gasteiger partial charge in [0.1, 0.15) is 11.5 Å². The molecule has 4 amide bonds. The fraction of sp³-hybridized carbons (Fsp3) is 0.256. The van der Waals surface area contributed by atoms with Crippen LogP contribution in [-0.4, -0.2) is 45.1 Å². The Kier molecular flexibility index (Phi) is 9.59. The number of imide groups is 2. The van der Waals surface area contributed by atoms with E-state index in [9.17, 15) is 45.8 Å². The number of hydrogen-bond acceptors (Lipinski definition) is 8. The van der Waals surface area contributed by atoms with Crippen LogP contribution >= 0.6 is 39.1 Å². The molecule has 0 unspecified atom stereocenters. The Labute approximate surface area is 342 Å². The molecule has 3 heterocycles. The molecule has 58 heavy (non-hydrogen) atoms. The van der Waals surface area contributed by atoms with Gasteiger partial charge in [0.15, 0.2) is 5.82 Å². The minimum atomic E-state index is -5.18. The summed E-state index contributed by atoms with van der Waals surface area (Å²) in [5, 5.41) is 11.6. The van der Waals surface area contributed by atoms with Gasteiger partial charge in [0, 0.05) is 27.2 Å².